The number of ether oxygens (including phenoxy) is 1. The summed E-state index contributed by atoms with van der Waals surface area (Å²) in [4.78, 5) is 24.6. The largest absolute Gasteiger partial charge is 0.385 e. The van der Waals surface area contributed by atoms with Crippen LogP contribution in [0.15, 0.2) is 47.1 Å². The van der Waals surface area contributed by atoms with Gasteiger partial charge in [-0.05, 0) is 49.3 Å². The van der Waals surface area contributed by atoms with Gasteiger partial charge in [-0.25, -0.2) is 0 Å². The lowest BCUT2D eigenvalue weighted by molar-refractivity contribution is -0.115. The molecule has 0 aromatic heterocycles. The van der Waals surface area contributed by atoms with Crippen LogP contribution in [0.4, 0.5) is 0 Å². The van der Waals surface area contributed by atoms with E-state index in [4.69, 9.17) is 4.74 Å². The SMILES string of the molecule is COCCC(C)c1ccc(C(=O)CCC2=C(C)C=C(C)CC2=O)cc1. The van der Waals surface area contributed by atoms with E-state index in [-0.39, 0.29) is 11.6 Å². The van der Waals surface area contributed by atoms with Crippen molar-refractivity contribution in [3.8, 4) is 0 Å². The number of allylic oxidation sites excluding steroid dienone is 4. The third kappa shape index (κ3) is 5.23. The van der Waals surface area contributed by atoms with E-state index in [1.54, 1.807) is 7.11 Å². The summed E-state index contributed by atoms with van der Waals surface area (Å²) >= 11 is 0. The van der Waals surface area contributed by atoms with Crippen LogP contribution < -0.4 is 0 Å². The highest BCUT2D eigenvalue weighted by atomic mass is 16.5. The summed E-state index contributed by atoms with van der Waals surface area (Å²) in [6.45, 7) is 6.82. The second-order valence-corrected chi connectivity index (χ2v) is 6.98. The van der Waals surface area contributed by atoms with E-state index in [2.05, 4.69) is 13.0 Å². The first-order valence-corrected chi connectivity index (χ1v) is 8.94. The normalized spacial score (nSPS) is 16.0. The molecule has 25 heavy (non-hydrogen) atoms. The summed E-state index contributed by atoms with van der Waals surface area (Å²) in [5.41, 5.74) is 4.84. The van der Waals surface area contributed by atoms with Gasteiger partial charge in [0, 0.05) is 32.1 Å². The number of hydrogen-bond donors (Lipinski definition) is 0. The van der Waals surface area contributed by atoms with Crippen LogP contribution in [0, 0.1) is 0 Å². The first kappa shape index (κ1) is 19.3. The molecule has 1 aliphatic carbocycles. The molecule has 2 rings (SSSR count). The summed E-state index contributed by atoms with van der Waals surface area (Å²) in [5.74, 6) is 0.662. The molecule has 1 aromatic carbocycles. The predicted molar refractivity (Wildman–Crippen MR) is 101 cm³/mol. The van der Waals surface area contributed by atoms with E-state index in [1.807, 2.05) is 38.1 Å². The van der Waals surface area contributed by atoms with E-state index in [0.717, 1.165) is 35.3 Å². The molecule has 0 fully saturated rings. The molecule has 1 atom stereocenters. The molecule has 3 nitrogen and oxygen atoms in total. The van der Waals surface area contributed by atoms with Gasteiger partial charge in [0.2, 0.25) is 0 Å². The van der Waals surface area contributed by atoms with E-state index < -0.39 is 0 Å². The van der Waals surface area contributed by atoms with Gasteiger partial charge >= 0.3 is 0 Å². The number of carbonyl (C=O) groups excluding carboxylic acids is 2. The molecule has 0 bridgehead atoms. The Labute approximate surface area is 150 Å². The fraction of sp³-hybridized carbons (Fsp3) is 0.455. The number of ketones is 2. The Morgan fingerprint density at radius 1 is 1.20 bits per heavy atom. The van der Waals surface area contributed by atoms with Crippen molar-refractivity contribution in [2.45, 2.75) is 52.4 Å². The zero-order chi connectivity index (χ0) is 18.4. The van der Waals surface area contributed by atoms with Crippen LogP contribution in [0.2, 0.25) is 0 Å². The highest BCUT2D eigenvalue weighted by Crippen LogP contribution is 2.25. The second-order valence-electron chi connectivity index (χ2n) is 6.98. The number of carbonyl (C=O) groups is 2. The average molecular weight is 340 g/mol. The number of Topliss-reactive ketones (excluding diaryl/α,β-unsaturated/α-hetero) is 2. The third-order valence-electron chi connectivity index (χ3n) is 4.87. The van der Waals surface area contributed by atoms with E-state index in [9.17, 15) is 9.59 Å². The molecule has 1 unspecified atom stereocenters. The quantitative estimate of drug-likeness (QED) is 0.624. The highest BCUT2D eigenvalue weighted by Gasteiger charge is 2.18. The van der Waals surface area contributed by atoms with Gasteiger partial charge in [0.1, 0.15) is 0 Å². The fourth-order valence-electron chi connectivity index (χ4n) is 3.27. The Kier molecular flexibility index (Phi) is 6.89. The molecule has 3 heteroatoms. The Balaban J connectivity index is 1.97. The minimum atomic E-state index is 0.0930. The lowest BCUT2D eigenvalue weighted by Gasteiger charge is -2.15. The molecule has 0 heterocycles. The van der Waals surface area contributed by atoms with Crippen molar-refractivity contribution in [2.24, 2.45) is 0 Å². The van der Waals surface area contributed by atoms with Crippen molar-refractivity contribution in [3.63, 3.8) is 0 Å². The van der Waals surface area contributed by atoms with Crippen molar-refractivity contribution in [3.05, 3.63) is 58.2 Å². The first-order valence-electron chi connectivity index (χ1n) is 8.94. The van der Waals surface area contributed by atoms with Gasteiger partial charge in [-0.2, -0.15) is 0 Å². The van der Waals surface area contributed by atoms with Gasteiger partial charge in [-0.15, -0.1) is 0 Å². The maximum absolute atomic E-state index is 12.4. The second kappa shape index (κ2) is 8.91. The smallest absolute Gasteiger partial charge is 0.163 e. The maximum atomic E-state index is 12.4. The van der Waals surface area contributed by atoms with Crippen LogP contribution in [-0.2, 0) is 9.53 Å². The van der Waals surface area contributed by atoms with Gasteiger partial charge < -0.3 is 4.74 Å². The van der Waals surface area contributed by atoms with Crippen LogP contribution >= 0.6 is 0 Å². The number of hydrogen-bond acceptors (Lipinski definition) is 3. The zero-order valence-corrected chi connectivity index (χ0v) is 15.7. The van der Waals surface area contributed by atoms with Gasteiger partial charge in [0.25, 0.3) is 0 Å². The molecule has 1 aliphatic rings. The van der Waals surface area contributed by atoms with Crippen LogP contribution in [-0.4, -0.2) is 25.3 Å². The number of benzene rings is 1. The minimum absolute atomic E-state index is 0.0930. The standard InChI is InChI=1S/C22H28O3/c1-15-13-17(3)20(22(24)14-15)9-10-21(23)19-7-5-18(6-8-19)16(2)11-12-25-4/h5-8,13,16H,9-12,14H2,1-4H3. The third-order valence-corrected chi connectivity index (χ3v) is 4.87. The highest BCUT2D eigenvalue weighted by molar-refractivity contribution is 6.01. The Morgan fingerprint density at radius 2 is 1.88 bits per heavy atom. The molecule has 0 saturated carbocycles. The first-order chi connectivity index (χ1) is 11.9. The predicted octanol–water partition coefficient (Wildman–Crippen LogP) is 5.03. The summed E-state index contributed by atoms with van der Waals surface area (Å²) in [5, 5.41) is 0. The summed E-state index contributed by atoms with van der Waals surface area (Å²) in [6, 6.07) is 7.84. The topological polar surface area (TPSA) is 43.4 Å². The molecule has 0 spiro atoms. The lowest BCUT2D eigenvalue weighted by atomic mass is 9.88. The monoisotopic (exact) mass is 340 g/mol. The van der Waals surface area contributed by atoms with Gasteiger partial charge in [0.15, 0.2) is 11.6 Å². The molecular formula is C22H28O3. The number of rotatable bonds is 8. The summed E-state index contributed by atoms with van der Waals surface area (Å²) in [7, 11) is 1.71. The average Bonchev–Trinajstić information content (AvgIpc) is 2.58. The van der Waals surface area contributed by atoms with Crippen molar-refractivity contribution in [1.29, 1.82) is 0 Å². The van der Waals surface area contributed by atoms with Crippen LogP contribution in [0.5, 0.6) is 0 Å². The molecule has 0 aliphatic heterocycles. The van der Waals surface area contributed by atoms with Crippen LogP contribution in [0.1, 0.15) is 68.3 Å². The minimum Gasteiger partial charge on any atom is -0.385 e. The fourth-order valence-corrected chi connectivity index (χ4v) is 3.27. The van der Waals surface area contributed by atoms with Gasteiger partial charge in [-0.1, -0.05) is 42.8 Å². The Bertz CT molecular complexity index is 692. The summed E-state index contributed by atoms with van der Waals surface area (Å²) < 4.78 is 5.12. The van der Waals surface area contributed by atoms with E-state index >= 15 is 0 Å². The molecule has 1 aromatic rings. The van der Waals surface area contributed by atoms with Gasteiger partial charge in [-0.3, -0.25) is 9.59 Å². The Hall–Kier alpha value is -2.00. The Morgan fingerprint density at radius 3 is 2.48 bits per heavy atom. The lowest BCUT2D eigenvalue weighted by Crippen LogP contribution is -2.11. The van der Waals surface area contributed by atoms with Crippen molar-refractivity contribution < 1.29 is 14.3 Å². The van der Waals surface area contributed by atoms with E-state index in [0.29, 0.717) is 25.2 Å². The van der Waals surface area contributed by atoms with Crippen LogP contribution in [0.3, 0.4) is 0 Å². The van der Waals surface area contributed by atoms with Crippen LogP contribution in [0.25, 0.3) is 0 Å². The summed E-state index contributed by atoms with van der Waals surface area (Å²) in [6.07, 6.45) is 4.40. The molecule has 134 valence electrons. The van der Waals surface area contributed by atoms with Crippen molar-refractivity contribution >= 4 is 11.6 Å². The molecule has 0 amide bonds. The maximum Gasteiger partial charge on any atom is 0.163 e. The molecule has 0 saturated heterocycles. The molecule has 0 N–H and O–H groups in total. The number of methoxy groups -OCH3 is 1. The van der Waals surface area contributed by atoms with Crippen molar-refractivity contribution in [2.75, 3.05) is 13.7 Å². The zero-order valence-electron chi connectivity index (χ0n) is 15.7. The van der Waals surface area contributed by atoms with Crippen molar-refractivity contribution in [1.82, 2.24) is 0 Å². The molecular weight excluding hydrogens is 312 g/mol. The van der Waals surface area contributed by atoms with Gasteiger partial charge in [0.05, 0.1) is 0 Å². The molecule has 0 radical (unpaired) electrons. The van der Waals surface area contributed by atoms with E-state index in [1.165, 1.54) is 5.56 Å².